The fraction of sp³-hybridized carbons (Fsp3) is 0.600. The van der Waals surface area contributed by atoms with Crippen LogP contribution >= 0.6 is 0 Å². The van der Waals surface area contributed by atoms with Crippen molar-refractivity contribution in [2.45, 2.75) is 26.4 Å². The number of hydrogen-bond acceptors (Lipinski definition) is 4. The van der Waals surface area contributed by atoms with Crippen LogP contribution in [0.5, 0.6) is 11.5 Å². The van der Waals surface area contributed by atoms with Gasteiger partial charge in [0.1, 0.15) is 30.8 Å². The Kier molecular flexibility index (Phi) is 5.05. The minimum atomic E-state index is -0.511. The lowest BCUT2D eigenvalue weighted by molar-refractivity contribution is 0.0925. The molecule has 1 atom stereocenters. The van der Waals surface area contributed by atoms with E-state index in [1.165, 1.54) is 0 Å². The molecule has 1 heterocycles. The summed E-state index contributed by atoms with van der Waals surface area (Å²) in [5.74, 6) is 2.13. The Morgan fingerprint density at radius 1 is 1.32 bits per heavy atom. The molecule has 0 spiro atoms. The van der Waals surface area contributed by atoms with Crippen LogP contribution in [0.1, 0.15) is 31.9 Å². The lowest BCUT2D eigenvalue weighted by Crippen LogP contribution is -2.08. The van der Waals surface area contributed by atoms with Gasteiger partial charge >= 0.3 is 0 Å². The van der Waals surface area contributed by atoms with Crippen LogP contribution in [0.4, 0.5) is 0 Å². The van der Waals surface area contributed by atoms with Crippen molar-refractivity contribution >= 4 is 0 Å². The number of rotatable bonds is 7. The van der Waals surface area contributed by atoms with Crippen molar-refractivity contribution in [2.75, 3.05) is 26.4 Å². The summed E-state index contributed by atoms with van der Waals surface area (Å²) in [5, 5.41) is 9.60. The van der Waals surface area contributed by atoms with E-state index in [1.807, 2.05) is 18.2 Å². The maximum Gasteiger partial charge on any atom is 0.129 e. The zero-order chi connectivity index (χ0) is 13.7. The van der Waals surface area contributed by atoms with Crippen LogP contribution in [0.15, 0.2) is 18.2 Å². The molecule has 1 unspecified atom stereocenters. The zero-order valence-electron chi connectivity index (χ0n) is 11.6. The Hall–Kier alpha value is -1.26. The molecule has 4 nitrogen and oxygen atoms in total. The molecule has 0 radical (unpaired) electrons. The number of aliphatic hydroxyl groups is 1. The largest absolute Gasteiger partial charge is 0.491 e. The van der Waals surface area contributed by atoms with Crippen molar-refractivity contribution in [3.63, 3.8) is 0 Å². The van der Waals surface area contributed by atoms with E-state index in [2.05, 4.69) is 13.8 Å². The number of hydrogen-bond donors (Lipinski definition) is 1. The van der Waals surface area contributed by atoms with Crippen molar-refractivity contribution in [3.8, 4) is 11.5 Å². The SMILES string of the molecule is CC(C)CCOCCOc1ccc2c(c1)OCC2O. The minimum absolute atomic E-state index is 0.330. The number of aliphatic hydroxyl groups excluding tert-OH is 1. The van der Waals surface area contributed by atoms with Gasteiger partial charge in [0.05, 0.1) is 6.61 Å². The lowest BCUT2D eigenvalue weighted by Gasteiger charge is -2.09. The van der Waals surface area contributed by atoms with E-state index < -0.39 is 6.10 Å². The van der Waals surface area contributed by atoms with Crippen LogP contribution in [0.3, 0.4) is 0 Å². The first-order valence-corrected chi connectivity index (χ1v) is 6.82. The third-order valence-corrected chi connectivity index (χ3v) is 3.08. The highest BCUT2D eigenvalue weighted by atomic mass is 16.5. The van der Waals surface area contributed by atoms with Crippen LogP contribution in [-0.2, 0) is 4.74 Å². The van der Waals surface area contributed by atoms with E-state index >= 15 is 0 Å². The topological polar surface area (TPSA) is 47.9 Å². The standard InChI is InChI=1S/C15H22O4/c1-11(2)5-6-17-7-8-18-12-3-4-13-14(16)10-19-15(13)9-12/h3-4,9,11,14,16H,5-8,10H2,1-2H3. The summed E-state index contributed by atoms with van der Waals surface area (Å²) in [6, 6.07) is 5.52. The fourth-order valence-corrected chi connectivity index (χ4v) is 1.90. The molecule has 1 aromatic carbocycles. The van der Waals surface area contributed by atoms with Crippen molar-refractivity contribution in [1.82, 2.24) is 0 Å². The smallest absolute Gasteiger partial charge is 0.129 e. The van der Waals surface area contributed by atoms with Crippen LogP contribution in [0.2, 0.25) is 0 Å². The highest BCUT2D eigenvalue weighted by Crippen LogP contribution is 2.34. The highest BCUT2D eigenvalue weighted by Gasteiger charge is 2.21. The maximum atomic E-state index is 9.60. The summed E-state index contributed by atoms with van der Waals surface area (Å²) < 4.78 is 16.4. The molecule has 0 aromatic heterocycles. The molecule has 0 saturated heterocycles. The summed E-state index contributed by atoms with van der Waals surface area (Å²) in [6.07, 6.45) is 0.563. The molecule has 1 aromatic rings. The molecule has 1 N–H and O–H groups in total. The van der Waals surface area contributed by atoms with Gasteiger partial charge in [-0.2, -0.15) is 0 Å². The first kappa shape index (κ1) is 14.2. The zero-order valence-corrected chi connectivity index (χ0v) is 11.6. The predicted molar refractivity (Wildman–Crippen MR) is 72.7 cm³/mol. The molecule has 0 amide bonds. The van der Waals surface area contributed by atoms with E-state index in [0.717, 1.165) is 24.3 Å². The van der Waals surface area contributed by atoms with Crippen LogP contribution in [-0.4, -0.2) is 31.5 Å². The van der Waals surface area contributed by atoms with E-state index in [-0.39, 0.29) is 0 Å². The molecular weight excluding hydrogens is 244 g/mol. The van der Waals surface area contributed by atoms with E-state index in [1.54, 1.807) is 0 Å². The van der Waals surface area contributed by atoms with Crippen LogP contribution < -0.4 is 9.47 Å². The van der Waals surface area contributed by atoms with Gasteiger partial charge < -0.3 is 19.3 Å². The van der Waals surface area contributed by atoms with Crippen LogP contribution in [0.25, 0.3) is 0 Å². The van der Waals surface area contributed by atoms with Gasteiger partial charge in [-0.25, -0.2) is 0 Å². The third-order valence-electron chi connectivity index (χ3n) is 3.08. The second kappa shape index (κ2) is 6.78. The molecule has 106 valence electrons. The minimum Gasteiger partial charge on any atom is -0.491 e. The first-order chi connectivity index (χ1) is 9.16. The van der Waals surface area contributed by atoms with Gasteiger partial charge in [-0.05, 0) is 24.5 Å². The Balaban J connectivity index is 1.69. The van der Waals surface area contributed by atoms with Crippen LogP contribution in [0, 0.1) is 5.92 Å². The predicted octanol–water partition coefficient (Wildman–Crippen LogP) is 2.55. The van der Waals surface area contributed by atoms with Crippen molar-refractivity contribution in [3.05, 3.63) is 23.8 Å². The summed E-state index contributed by atoms with van der Waals surface area (Å²) >= 11 is 0. The normalized spacial score (nSPS) is 17.4. The molecule has 19 heavy (non-hydrogen) atoms. The van der Waals surface area contributed by atoms with Crippen molar-refractivity contribution < 1.29 is 19.3 Å². The number of fused-ring (bicyclic) bond motifs is 1. The molecule has 0 bridgehead atoms. The summed E-state index contributed by atoms with van der Waals surface area (Å²) in [7, 11) is 0. The Bertz CT molecular complexity index is 403. The van der Waals surface area contributed by atoms with Crippen molar-refractivity contribution in [2.24, 2.45) is 5.92 Å². The molecule has 0 aliphatic carbocycles. The monoisotopic (exact) mass is 266 g/mol. The van der Waals surface area contributed by atoms with E-state index in [9.17, 15) is 5.11 Å². The summed E-state index contributed by atoms with van der Waals surface area (Å²) in [5.41, 5.74) is 0.834. The average molecular weight is 266 g/mol. The average Bonchev–Trinajstić information content (AvgIpc) is 2.75. The number of benzene rings is 1. The van der Waals surface area contributed by atoms with Gasteiger partial charge in [-0.15, -0.1) is 0 Å². The Morgan fingerprint density at radius 3 is 2.95 bits per heavy atom. The van der Waals surface area contributed by atoms with Crippen molar-refractivity contribution in [1.29, 1.82) is 0 Å². The lowest BCUT2D eigenvalue weighted by atomic mass is 10.1. The quantitative estimate of drug-likeness (QED) is 0.770. The molecule has 2 rings (SSSR count). The molecule has 4 heteroatoms. The second-order valence-electron chi connectivity index (χ2n) is 5.17. The first-order valence-electron chi connectivity index (χ1n) is 6.82. The summed E-state index contributed by atoms with van der Waals surface area (Å²) in [4.78, 5) is 0. The molecule has 0 saturated carbocycles. The van der Waals surface area contributed by atoms with Gasteiger partial charge in [0.15, 0.2) is 0 Å². The second-order valence-corrected chi connectivity index (χ2v) is 5.17. The molecule has 0 fully saturated rings. The molecule has 1 aliphatic heterocycles. The maximum absolute atomic E-state index is 9.60. The van der Waals surface area contributed by atoms with Gasteiger partial charge in [0.25, 0.3) is 0 Å². The molecular formula is C15H22O4. The van der Waals surface area contributed by atoms with E-state index in [4.69, 9.17) is 14.2 Å². The van der Waals surface area contributed by atoms with Gasteiger partial charge in [-0.3, -0.25) is 0 Å². The highest BCUT2D eigenvalue weighted by molar-refractivity contribution is 5.44. The van der Waals surface area contributed by atoms with Gasteiger partial charge in [-0.1, -0.05) is 13.8 Å². The molecule has 1 aliphatic rings. The fourth-order valence-electron chi connectivity index (χ4n) is 1.90. The Morgan fingerprint density at radius 2 is 2.16 bits per heavy atom. The van der Waals surface area contributed by atoms with Gasteiger partial charge in [0, 0.05) is 18.2 Å². The summed E-state index contributed by atoms with van der Waals surface area (Å²) in [6.45, 7) is 6.59. The number of ether oxygens (including phenoxy) is 3. The van der Waals surface area contributed by atoms with Gasteiger partial charge in [0.2, 0.25) is 0 Å². The van der Waals surface area contributed by atoms with E-state index in [0.29, 0.717) is 31.5 Å². The Labute approximate surface area is 114 Å². The third kappa shape index (κ3) is 4.11.